The van der Waals surface area contributed by atoms with Crippen LogP contribution in [0.1, 0.15) is 42.8 Å². The van der Waals surface area contributed by atoms with Gasteiger partial charge in [-0.15, -0.1) is 35.3 Å². The molecule has 2 heterocycles. The van der Waals surface area contributed by atoms with Crippen LogP contribution in [0.15, 0.2) is 40.8 Å². The van der Waals surface area contributed by atoms with Gasteiger partial charge in [0, 0.05) is 36.6 Å². The van der Waals surface area contributed by atoms with E-state index in [0.29, 0.717) is 18.6 Å². The molecule has 1 aromatic carbocycles. The van der Waals surface area contributed by atoms with Gasteiger partial charge in [0.05, 0.1) is 17.7 Å². The standard InChI is InChI=1S/C21H31N5S.HI/c1-4-22-21(23-13-20-17(3)24-15-27-20)25-19-10-11-26(16(2)12-19)14-18-8-6-5-7-9-18;/h5-9,15-16,19H,4,10-14H2,1-3H3,(H2,22,23,25);1H. The van der Waals surface area contributed by atoms with Crippen LogP contribution in [0.3, 0.4) is 0 Å². The summed E-state index contributed by atoms with van der Waals surface area (Å²) in [6.07, 6.45) is 2.28. The Labute approximate surface area is 190 Å². The van der Waals surface area contributed by atoms with Crippen LogP contribution in [-0.2, 0) is 13.1 Å². The molecule has 2 unspecified atom stereocenters. The number of guanidine groups is 1. The number of likely N-dealkylation sites (tertiary alicyclic amines) is 1. The highest BCUT2D eigenvalue weighted by Crippen LogP contribution is 2.20. The Morgan fingerprint density at radius 1 is 1.32 bits per heavy atom. The molecule has 2 atom stereocenters. The molecule has 0 amide bonds. The Morgan fingerprint density at radius 2 is 2.11 bits per heavy atom. The summed E-state index contributed by atoms with van der Waals surface area (Å²) >= 11 is 1.68. The monoisotopic (exact) mass is 513 g/mol. The summed E-state index contributed by atoms with van der Waals surface area (Å²) in [4.78, 5) is 12.9. The first-order valence-electron chi connectivity index (χ1n) is 9.87. The lowest BCUT2D eigenvalue weighted by Crippen LogP contribution is -2.51. The summed E-state index contributed by atoms with van der Waals surface area (Å²) in [7, 11) is 0. The van der Waals surface area contributed by atoms with Crippen LogP contribution < -0.4 is 10.6 Å². The second-order valence-electron chi connectivity index (χ2n) is 7.23. The van der Waals surface area contributed by atoms with Crippen molar-refractivity contribution in [3.8, 4) is 0 Å². The molecule has 28 heavy (non-hydrogen) atoms. The van der Waals surface area contributed by atoms with Gasteiger partial charge in [-0.25, -0.2) is 9.98 Å². The maximum absolute atomic E-state index is 4.77. The summed E-state index contributed by atoms with van der Waals surface area (Å²) in [5.74, 6) is 0.916. The Kier molecular flexibility index (Phi) is 9.67. The van der Waals surface area contributed by atoms with Gasteiger partial charge in [-0.3, -0.25) is 4.90 Å². The van der Waals surface area contributed by atoms with E-state index in [-0.39, 0.29) is 24.0 Å². The molecule has 3 rings (SSSR count). The van der Waals surface area contributed by atoms with Crippen molar-refractivity contribution in [1.82, 2.24) is 20.5 Å². The van der Waals surface area contributed by atoms with Gasteiger partial charge in [0.2, 0.25) is 0 Å². The van der Waals surface area contributed by atoms with Crippen molar-refractivity contribution in [3.05, 3.63) is 52.0 Å². The molecular formula is C21H32IN5S. The van der Waals surface area contributed by atoms with Gasteiger partial charge < -0.3 is 10.6 Å². The number of piperidine rings is 1. The first kappa shape index (κ1) is 23.1. The molecule has 2 N–H and O–H groups in total. The fraction of sp³-hybridized carbons (Fsp3) is 0.524. The molecule has 0 saturated carbocycles. The molecule has 154 valence electrons. The van der Waals surface area contributed by atoms with Crippen LogP contribution in [0.5, 0.6) is 0 Å². The first-order chi connectivity index (χ1) is 13.2. The lowest BCUT2D eigenvalue weighted by Gasteiger charge is -2.38. The van der Waals surface area contributed by atoms with Gasteiger partial charge in [0.1, 0.15) is 0 Å². The molecule has 5 nitrogen and oxygen atoms in total. The molecule has 0 bridgehead atoms. The van der Waals surface area contributed by atoms with Crippen molar-refractivity contribution >= 4 is 41.3 Å². The van der Waals surface area contributed by atoms with Crippen molar-refractivity contribution in [1.29, 1.82) is 0 Å². The third-order valence-electron chi connectivity index (χ3n) is 5.15. The average molecular weight is 513 g/mol. The van der Waals surface area contributed by atoms with Crippen LogP contribution in [0.2, 0.25) is 0 Å². The van der Waals surface area contributed by atoms with Crippen molar-refractivity contribution < 1.29 is 0 Å². The van der Waals surface area contributed by atoms with Gasteiger partial charge >= 0.3 is 0 Å². The average Bonchev–Trinajstić information content (AvgIpc) is 3.08. The number of hydrogen-bond acceptors (Lipinski definition) is 4. The molecule has 1 aromatic heterocycles. The molecule has 0 spiro atoms. The smallest absolute Gasteiger partial charge is 0.191 e. The fourth-order valence-electron chi connectivity index (χ4n) is 3.55. The lowest BCUT2D eigenvalue weighted by molar-refractivity contribution is 0.134. The number of aromatic nitrogens is 1. The number of hydrogen-bond donors (Lipinski definition) is 2. The molecule has 1 aliphatic heterocycles. The van der Waals surface area contributed by atoms with Gasteiger partial charge in [0.15, 0.2) is 5.96 Å². The fourth-order valence-corrected chi connectivity index (χ4v) is 4.25. The maximum atomic E-state index is 4.77. The molecule has 7 heteroatoms. The second kappa shape index (κ2) is 11.7. The summed E-state index contributed by atoms with van der Waals surface area (Å²) in [6.45, 7) is 10.2. The van der Waals surface area contributed by atoms with Crippen molar-refractivity contribution in [3.63, 3.8) is 0 Å². The van der Waals surface area contributed by atoms with Crippen LogP contribution >= 0.6 is 35.3 Å². The SMILES string of the molecule is CCNC(=NCc1scnc1C)NC1CCN(Cc2ccccc2)C(C)C1.I. The van der Waals surface area contributed by atoms with E-state index in [1.807, 2.05) is 12.4 Å². The van der Waals surface area contributed by atoms with E-state index < -0.39 is 0 Å². The summed E-state index contributed by atoms with van der Waals surface area (Å²) in [5.41, 5.74) is 4.37. The normalized spacial score (nSPS) is 20.5. The molecular weight excluding hydrogens is 481 g/mol. The van der Waals surface area contributed by atoms with Crippen LogP contribution in [0.25, 0.3) is 0 Å². The highest BCUT2D eigenvalue weighted by atomic mass is 127. The summed E-state index contributed by atoms with van der Waals surface area (Å²) in [5, 5.41) is 7.04. The highest BCUT2D eigenvalue weighted by molar-refractivity contribution is 14.0. The Hall–Kier alpha value is -1.19. The predicted molar refractivity (Wildman–Crippen MR) is 130 cm³/mol. The minimum absolute atomic E-state index is 0. The van der Waals surface area contributed by atoms with Crippen LogP contribution in [0, 0.1) is 6.92 Å². The van der Waals surface area contributed by atoms with E-state index in [4.69, 9.17) is 4.99 Å². The number of rotatable bonds is 6. The van der Waals surface area contributed by atoms with E-state index in [0.717, 1.165) is 44.1 Å². The molecule has 0 radical (unpaired) electrons. The van der Waals surface area contributed by atoms with E-state index in [9.17, 15) is 0 Å². The number of halogens is 1. The largest absolute Gasteiger partial charge is 0.357 e. The molecule has 0 aliphatic carbocycles. The van der Waals surface area contributed by atoms with Crippen LogP contribution in [0.4, 0.5) is 0 Å². The minimum Gasteiger partial charge on any atom is -0.357 e. The van der Waals surface area contributed by atoms with E-state index in [2.05, 4.69) is 64.7 Å². The number of thiazole rings is 1. The third-order valence-corrected chi connectivity index (χ3v) is 6.07. The zero-order valence-electron chi connectivity index (χ0n) is 17.0. The summed E-state index contributed by atoms with van der Waals surface area (Å²) in [6, 6.07) is 11.8. The van der Waals surface area contributed by atoms with Gasteiger partial charge in [-0.2, -0.15) is 0 Å². The maximum Gasteiger partial charge on any atom is 0.191 e. The lowest BCUT2D eigenvalue weighted by atomic mass is 9.97. The Morgan fingerprint density at radius 3 is 2.75 bits per heavy atom. The van der Waals surface area contributed by atoms with E-state index in [1.54, 1.807) is 11.3 Å². The van der Waals surface area contributed by atoms with Crippen molar-refractivity contribution in [2.45, 2.75) is 58.8 Å². The zero-order chi connectivity index (χ0) is 19.1. The third kappa shape index (κ3) is 6.70. The number of aryl methyl sites for hydroxylation is 1. The van der Waals surface area contributed by atoms with E-state index >= 15 is 0 Å². The Balaban J connectivity index is 0.00000280. The molecule has 1 aliphatic rings. The number of aliphatic imine (C=N–C) groups is 1. The van der Waals surface area contributed by atoms with Gasteiger partial charge in [0.25, 0.3) is 0 Å². The van der Waals surface area contributed by atoms with Crippen molar-refractivity contribution in [2.24, 2.45) is 4.99 Å². The van der Waals surface area contributed by atoms with Gasteiger partial charge in [-0.05, 0) is 39.2 Å². The van der Waals surface area contributed by atoms with Crippen molar-refractivity contribution in [2.75, 3.05) is 13.1 Å². The molecule has 1 saturated heterocycles. The predicted octanol–water partition coefficient (Wildman–Crippen LogP) is 4.18. The Bertz CT molecular complexity index is 733. The topological polar surface area (TPSA) is 52.6 Å². The molecule has 1 fully saturated rings. The minimum atomic E-state index is 0. The number of benzene rings is 1. The second-order valence-corrected chi connectivity index (χ2v) is 8.17. The summed E-state index contributed by atoms with van der Waals surface area (Å²) < 4.78 is 0. The molecule has 2 aromatic rings. The van der Waals surface area contributed by atoms with E-state index in [1.165, 1.54) is 10.4 Å². The number of nitrogens with zero attached hydrogens (tertiary/aromatic N) is 3. The van der Waals surface area contributed by atoms with Crippen LogP contribution in [-0.4, -0.2) is 41.0 Å². The quantitative estimate of drug-likeness (QED) is 0.346. The van der Waals surface area contributed by atoms with Gasteiger partial charge in [-0.1, -0.05) is 30.3 Å². The first-order valence-corrected chi connectivity index (χ1v) is 10.8. The number of nitrogens with one attached hydrogen (secondary N) is 2. The zero-order valence-corrected chi connectivity index (χ0v) is 20.2. The highest BCUT2D eigenvalue weighted by Gasteiger charge is 2.25.